The maximum absolute atomic E-state index is 12.5. The van der Waals surface area contributed by atoms with Crippen LogP contribution in [0.25, 0.3) is 10.8 Å². The van der Waals surface area contributed by atoms with E-state index in [0.717, 1.165) is 49.0 Å². The SMILES string of the molecule is Cc1ccc(CN2CCC(C(=O)NCCOc3cccc4ccccc34)CC2)cc1. The lowest BCUT2D eigenvalue weighted by atomic mass is 9.95. The minimum absolute atomic E-state index is 0.108. The molecule has 0 aromatic heterocycles. The molecule has 3 aromatic rings. The molecule has 1 N–H and O–H groups in total. The summed E-state index contributed by atoms with van der Waals surface area (Å²) in [6.07, 6.45) is 1.84. The summed E-state index contributed by atoms with van der Waals surface area (Å²) in [5, 5.41) is 5.33. The van der Waals surface area contributed by atoms with E-state index in [9.17, 15) is 4.79 Å². The van der Waals surface area contributed by atoms with Crippen LogP contribution in [0.1, 0.15) is 24.0 Å². The molecule has 1 aliphatic heterocycles. The van der Waals surface area contributed by atoms with Crippen molar-refractivity contribution in [1.29, 1.82) is 0 Å². The molecule has 1 saturated heterocycles. The lowest BCUT2D eigenvalue weighted by Crippen LogP contribution is -2.41. The van der Waals surface area contributed by atoms with Gasteiger partial charge in [-0.3, -0.25) is 9.69 Å². The molecular formula is C26H30N2O2. The summed E-state index contributed by atoms with van der Waals surface area (Å²) in [6.45, 7) is 6.03. The second kappa shape index (κ2) is 9.77. The summed E-state index contributed by atoms with van der Waals surface area (Å²) in [7, 11) is 0. The topological polar surface area (TPSA) is 41.6 Å². The normalized spacial score (nSPS) is 15.2. The average Bonchev–Trinajstić information content (AvgIpc) is 2.79. The largest absolute Gasteiger partial charge is 0.491 e. The van der Waals surface area contributed by atoms with E-state index in [-0.39, 0.29) is 11.8 Å². The standard InChI is InChI=1S/C26H30N2O2/c1-20-9-11-21(12-10-20)19-28-16-13-23(14-17-28)26(29)27-15-18-30-25-8-4-6-22-5-2-3-7-24(22)25/h2-12,23H,13-19H2,1H3,(H,27,29). The Hall–Kier alpha value is -2.85. The fourth-order valence-corrected chi connectivity index (χ4v) is 4.11. The molecule has 1 amide bonds. The maximum Gasteiger partial charge on any atom is 0.223 e. The molecule has 0 unspecified atom stereocenters. The molecule has 0 atom stereocenters. The Morgan fingerprint density at radius 1 is 1.00 bits per heavy atom. The number of hydrogen-bond donors (Lipinski definition) is 1. The number of piperidine rings is 1. The molecule has 4 rings (SSSR count). The molecule has 0 saturated carbocycles. The van der Waals surface area contributed by atoms with Crippen molar-refractivity contribution < 1.29 is 9.53 Å². The summed E-state index contributed by atoms with van der Waals surface area (Å²) >= 11 is 0. The van der Waals surface area contributed by atoms with Crippen LogP contribution in [0.3, 0.4) is 0 Å². The van der Waals surface area contributed by atoms with Gasteiger partial charge in [-0.1, -0.05) is 66.2 Å². The van der Waals surface area contributed by atoms with Crippen LogP contribution in [0.5, 0.6) is 5.75 Å². The molecule has 4 nitrogen and oxygen atoms in total. The number of benzene rings is 3. The van der Waals surface area contributed by atoms with Gasteiger partial charge < -0.3 is 10.1 Å². The Labute approximate surface area is 178 Å². The van der Waals surface area contributed by atoms with E-state index < -0.39 is 0 Å². The first-order valence-electron chi connectivity index (χ1n) is 10.9. The van der Waals surface area contributed by atoms with Gasteiger partial charge in [0.25, 0.3) is 0 Å². The van der Waals surface area contributed by atoms with E-state index >= 15 is 0 Å². The molecule has 0 bridgehead atoms. The van der Waals surface area contributed by atoms with Gasteiger partial charge in [0.2, 0.25) is 5.91 Å². The number of rotatable bonds is 7. The molecule has 0 radical (unpaired) electrons. The smallest absolute Gasteiger partial charge is 0.223 e. The van der Waals surface area contributed by atoms with Crippen molar-refractivity contribution in [1.82, 2.24) is 10.2 Å². The van der Waals surface area contributed by atoms with E-state index in [1.807, 2.05) is 24.3 Å². The fraction of sp³-hybridized carbons (Fsp3) is 0.346. The highest BCUT2D eigenvalue weighted by Gasteiger charge is 2.24. The first kappa shape index (κ1) is 20.4. The first-order valence-corrected chi connectivity index (χ1v) is 10.9. The Morgan fingerprint density at radius 2 is 1.73 bits per heavy atom. The van der Waals surface area contributed by atoms with E-state index in [2.05, 4.69) is 59.6 Å². The molecular weight excluding hydrogens is 372 g/mol. The van der Waals surface area contributed by atoms with Crippen molar-refractivity contribution in [3.05, 3.63) is 77.9 Å². The third-order valence-electron chi connectivity index (χ3n) is 5.89. The Morgan fingerprint density at radius 3 is 2.53 bits per heavy atom. The Balaban J connectivity index is 1.18. The summed E-state index contributed by atoms with van der Waals surface area (Å²) in [5.41, 5.74) is 2.63. The number of ether oxygens (including phenoxy) is 1. The molecule has 1 aliphatic rings. The third-order valence-corrected chi connectivity index (χ3v) is 5.89. The van der Waals surface area contributed by atoms with Crippen LogP contribution in [-0.4, -0.2) is 37.0 Å². The molecule has 1 heterocycles. The minimum Gasteiger partial charge on any atom is -0.491 e. The van der Waals surface area contributed by atoms with E-state index in [4.69, 9.17) is 4.74 Å². The van der Waals surface area contributed by atoms with Crippen LogP contribution in [0, 0.1) is 12.8 Å². The van der Waals surface area contributed by atoms with Crippen LogP contribution >= 0.6 is 0 Å². The number of fused-ring (bicyclic) bond motifs is 1. The van der Waals surface area contributed by atoms with E-state index in [1.165, 1.54) is 11.1 Å². The number of nitrogens with one attached hydrogen (secondary N) is 1. The van der Waals surface area contributed by atoms with Crippen LogP contribution in [-0.2, 0) is 11.3 Å². The van der Waals surface area contributed by atoms with Crippen molar-refractivity contribution in [2.24, 2.45) is 5.92 Å². The third kappa shape index (κ3) is 5.19. The molecule has 4 heteroatoms. The van der Waals surface area contributed by atoms with Gasteiger partial charge in [-0.25, -0.2) is 0 Å². The van der Waals surface area contributed by atoms with Crippen LogP contribution in [0.2, 0.25) is 0 Å². The number of carbonyl (C=O) groups is 1. The quantitative estimate of drug-likeness (QED) is 0.589. The number of carbonyl (C=O) groups excluding carboxylic acids is 1. The molecule has 3 aromatic carbocycles. The molecule has 0 aliphatic carbocycles. The van der Waals surface area contributed by atoms with Crippen molar-refractivity contribution in [2.75, 3.05) is 26.2 Å². The summed E-state index contributed by atoms with van der Waals surface area (Å²) in [4.78, 5) is 15.0. The highest BCUT2D eigenvalue weighted by atomic mass is 16.5. The zero-order chi connectivity index (χ0) is 20.8. The Bertz CT molecular complexity index is 970. The van der Waals surface area contributed by atoms with Crippen molar-refractivity contribution in [2.45, 2.75) is 26.3 Å². The van der Waals surface area contributed by atoms with Crippen LogP contribution in [0.4, 0.5) is 0 Å². The number of amides is 1. The van der Waals surface area contributed by atoms with Gasteiger partial charge >= 0.3 is 0 Å². The predicted molar refractivity (Wildman–Crippen MR) is 122 cm³/mol. The summed E-state index contributed by atoms with van der Waals surface area (Å²) in [6, 6.07) is 23.0. The van der Waals surface area contributed by atoms with Gasteiger partial charge in [-0.05, 0) is 49.9 Å². The van der Waals surface area contributed by atoms with E-state index in [0.29, 0.717) is 13.2 Å². The summed E-state index contributed by atoms with van der Waals surface area (Å²) in [5.74, 6) is 1.13. The van der Waals surface area contributed by atoms with Gasteiger partial charge in [0.1, 0.15) is 12.4 Å². The van der Waals surface area contributed by atoms with E-state index in [1.54, 1.807) is 0 Å². The zero-order valence-electron chi connectivity index (χ0n) is 17.6. The average molecular weight is 403 g/mol. The summed E-state index contributed by atoms with van der Waals surface area (Å²) < 4.78 is 5.93. The van der Waals surface area contributed by atoms with Crippen molar-refractivity contribution >= 4 is 16.7 Å². The predicted octanol–water partition coefficient (Wildman–Crippen LogP) is 4.56. The van der Waals surface area contributed by atoms with Gasteiger partial charge in [-0.15, -0.1) is 0 Å². The van der Waals surface area contributed by atoms with Crippen molar-refractivity contribution in [3.8, 4) is 5.75 Å². The lowest BCUT2D eigenvalue weighted by molar-refractivity contribution is -0.126. The highest BCUT2D eigenvalue weighted by molar-refractivity contribution is 5.88. The zero-order valence-corrected chi connectivity index (χ0v) is 17.6. The van der Waals surface area contributed by atoms with Crippen molar-refractivity contribution in [3.63, 3.8) is 0 Å². The molecule has 30 heavy (non-hydrogen) atoms. The number of nitrogens with zero attached hydrogens (tertiary/aromatic N) is 1. The number of likely N-dealkylation sites (tertiary alicyclic amines) is 1. The molecule has 0 spiro atoms. The van der Waals surface area contributed by atoms with Gasteiger partial charge in [0.05, 0.1) is 6.54 Å². The first-order chi connectivity index (χ1) is 14.7. The number of hydrogen-bond acceptors (Lipinski definition) is 3. The molecule has 1 fully saturated rings. The van der Waals surface area contributed by atoms with Gasteiger partial charge in [0, 0.05) is 17.8 Å². The van der Waals surface area contributed by atoms with Crippen LogP contribution in [0.15, 0.2) is 66.7 Å². The van der Waals surface area contributed by atoms with Crippen LogP contribution < -0.4 is 10.1 Å². The monoisotopic (exact) mass is 402 g/mol. The van der Waals surface area contributed by atoms with Gasteiger partial charge in [-0.2, -0.15) is 0 Å². The second-order valence-electron chi connectivity index (χ2n) is 8.15. The molecule has 156 valence electrons. The fourth-order valence-electron chi connectivity index (χ4n) is 4.11. The van der Waals surface area contributed by atoms with Gasteiger partial charge in [0.15, 0.2) is 0 Å². The maximum atomic E-state index is 12.5. The number of aryl methyl sites for hydroxylation is 1. The minimum atomic E-state index is 0.108. The second-order valence-corrected chi connectivity index (χ2v) is 8.15. The lowest BCUT2D eigenvalue weighted by Gasteiger charge is -2.31. The Kier molecular flexibility index (Phi) is 6.65. The highest BCUT2D eigenvalue weighted by Crippen LogP contribution is 2.25.